The molecular weight excluding hydrogens is 370 g/mol. The van der Waals surface area contributed by atoms with Crippen molar-refractivity contribution in [2.24, 2.45) is 0 Å². The van der Waals surface area contributed by atoms with Crippen molar-refractivity contribution in [1.29, 1.82) is 0 Å². The van der Waals surface area contributed by atoms with Crippen LogP contribution >= 0.6 is 11.8 Å². The highest BCUT2D eigenvalue weighted by atomic mass is 32.2. The molecule has 1 aliphatic heterocycles. The molecule has 1 nitrogen and oxygen atoms in total. The summed E-state index contributed by atoms with van der Waals surface area (Å²) in [6.45, 7) is 3.92. The molecular formula is C27H31NS. The summed E-state index contributed by atoms with van der Waals surface area (Å²) in [6.07, 6.45) is 5.43. The number of unbranched alkanes of at least 4 members (excludes halogenated alkanes) is 1. The van der Waals surface area contributed by atoms with E-state index in [-0.39, 0.29) is 5.92 Å². The van der Waals surface area contributed by atoms with Crippen LogP contribution in [0.5, 0.6) is 0 Å². The molecule has 0 atom stereocenters. The number of likely N-dealkylation sites (tertiary alicyclic amines) is 1. The maximum absolute atomic E-state index is 2.62. The van der Waals surface area contributed by atoms with Gasteiger partial charge in [-0.25, -0.2) is 0 Å². The second-order valence-corrected chi connectivity index (χ2v) is 9.10. The van der Waals surface area contributed by atoms with Crippen LogP contribution in [0.4, 0.5) is 0 Å². The van der Waals surface area contributed by atoms with E-state index in [0.29, 0.717) is 0 Å². The van der Waals surface area contributed by atoms with Crippen molar-refractivity contribution in [3.63, 3.8) is 0 Å². The van der Waals surface area contributed by atoms with Crippen LogP contribution in [0.1, 0.15) is 48.3 Å². The average molecular weight is 402 g/mol. The molecule has 2 heteroatoms. The SMILES string of the molecule is c1ccc(C(c2ccccc2)c2ccc(SCCCCN3CCCC3)cc2)cc1. The lowest BCUT2D eigenvalue weighted by Crippen LogP contribution is -2.20. The van der Waals surface area contributed by atoms with E-state index in [0.717, 1.165) is 0 Å². The zero-order chi connectivity index (χ0) is 19.7. The average Bonchev–Trinajstić information content (AvgIpc) is 3.30. The summed E-state index contributed by atoms with van der Waals surface area (Å²) in [4.78, 5) is 4.00. The molecule has 150 valence electrons. The second-order valence-electron chi connectivity index (χ2n) is 7.93. The summed E-state index contributed by atoms with van der Waals surface area (Å²) < 4.78 is 0. The van der Waals surface area contributed by atoms with Crippen molar-refractivity contribution in [2.45, 2.75) is 36.5 Å². The van der Waals surface area contributed by atoms with Gasteiger partial charge in [0.25, 0.3) is 0 Å². The van der Waals surface area contributed by atoms with E-state index in [2.05, 4.69) is 89.8 Å². The van der Waals surface area contributed by atoms with Crippen molar-refractivity contribution in [2.75, 3.05) is 25.4 Å². The summed E-state index contributed by atoms with van der Waals surface area (Å²) in [6, 6.07) is 30.9. The molecule has 0 radical (unpaired) electrons. The Morgan fingerprint density at radius 1 is 0.655 bits per heavy atom. The van der Waals surface area contributed by atoms with Gasteiger partial charge in [0.2, 0.25) is 0 Å². The number of hydrogen-bond donors (Lipinski definition) is 0. The molecule has 1 saturated heterocycles. The minimum atomic E-state index is 0.289. The summed E-state index contributed by atoms with van der Waals surface area (Å²) in [5, 5.41) is 0. The van der Waals surface area contributed by atoms with Gasteiger partial charge in [-0.1, -0.05) is 72.8 Å². The first kappa shape index (κ1) is 20.3. The van der Waals surface area contributed by atoms with Gasteiger partial charge in [-0.3, -0.25) is 0 Å². The fraction of sp³-hybridized carbons (Fsp3) is 0.333. The molecule has 0 aliphatic carbocycles. The predicted octanol–water partition coefficient (Wildman–Crippen LogP) is 6.83. The molecule has 1 fully saturated rings. The first-order valence-corrected chi connectivity index (χ1v) is 11.9. The van der Waals surface area contributed by atoms with E-state index in [9.17, 15) is 0 Å². The highest BCUT2D eigenvalue weighted by Gasteiger charge is 2.16. The van der Waals surface area contributed by atoms with Gasteiger partial charge in [0, 0.05) is 10.8 Å². The third-order valence-corrected chi connectivity index (χ3v) is 6.91. The topological polar surface area (TPSA) is 3.24 Å². The van der Waals surface area contributed by atoms with E-state index in [1.54, 1.807) is 0 Å². The van der Waals surface area contributed by atoms with Crippen molar-refractivity contribution in [3.05, 3.63) is 102 Å². The quantitative estimate of drug-likeness (QED) is 0.219. The molecule has 0 amide bonds. The van der Waals surface area contributed by atoms with Crippen molar-refractivity contribution in [1.82, 2.24) is 4.90 Å². The second kappa shape index (κ2) is 10.7. The van der Waals surface area contributed by atoms with Gasteiger partial charge in [-0.05, 0) is 79.9 Å². The number of benzene rings is 3. The van der Waals surface area contributed by atoms with E-state index in [4.69, 9.17) is 0 Å². The van der Waals surface area contributed by atoms with E-state index < -0.39 is 0 Å². The van der Waals surface area contributed by atoms with Crippen LogP contribution < -0.4 is 0 Å². The highest BCUT2D eigenvalue weighted by Crippen LogP contribution is 2.33. The Hall–Kier alpha value is -2.03. The number of nitrogens with zero attached hydrogens (tertiary/aromatic N) is 1. The van der Waals surface area contributed by atoms with Gasteiger partial charge in [0.15, 0.2) is 0 Å². The van der Waals surface area contributed by atoms with E-state index in [1.807, 2.05) is 11.8 Å². The van der Waals surface area contributed by atoms with Crippen LogP contribution in [0.2, 0.25) is 0 Å². The molecule has 1 heterocycles. The normalized spacial score (nSPS) is 14.5. The lowest BCUT2D eigenvalue weighted by molar-refractivity contribution is 0.333. The Balaban J connectivity index is 1.37. The van der Waals surface area contributed by atoms with Gasteiger partial charge in [-0.2, -0.15) is 0 Å². The highest BCUT2D eigenvalue weighted by molar-refractivity contribution is 7.99. The minimum absolute atomic E-state index is 0.289. The number of hydrogen-bond acceptors (Lipinski definition) is 2. The Kier molecular flexibility index (Phi) is 7.45. The van der Waals surface area contributed by atoms with Crippen LogP contribution in [0.3, 0.4) is 0 Å². The molecule has 0 N–H and O–H groups in total. The van der Waals surface area contributed by atoms with Crippen LogP contribution in [0, 0.1) is 0 Å². The molecule has 0 spiro atoms. The van der Waals surface area contributed by atoms with Crippen LogP contribution in [0.25, 0.3) is 0 Å². The van der Waals surface area contributed by atoms with Crippen LogP contribution in [-0.2, 0) is 0 Å². The lowest BCUT2D eigenvalue weighted by atomic mass is 9.85. The molecule has 0 saturated carbocycles. The maximum Gasteiger partial charge on any atom is 0.0340 e. The number of rotatable bonds is 9. The Morgan fingerprint density at radius 3 is 1.79 bits per heavy atom. The summed E-state index contributed by atoms with van der Waals surface area (Å²) in [7, 11) is 0. The summed E-state index contributed by atoms with van der Waals surface area (Å²) in [5.41, 5.74) is 4.06. The molecule has 3 aromatic carbocycles. The van der Waals surface area contributed by atoms with Gasteiger partial charge < -0.3 is 4.90 Å². The summed E-state index contributed by atoms with van der Waals surface area (Å²) >= 11 is 2.00. The fourth-order valence-electron chi connectivity index (χ4n) is 4.26. The monoisotopic (exact) mass is 401 g/mol. The van der Waals surface area contributed by atoms with Gasteiger partial charge in [0.1, 0.15) is 0 Å². The van der Waals surface area contributed by atoms with Gasteiger partial charge in [0.05, 0.1) is 0 Å². The predicted molar refractivity (Wildman–Crippen MR) is 126 cm³/mol. The lowest BCUT2D eigenvalue weighted by Gasteiger charge is -2.19. The van der Waals surface area contributed by atoms with Gasteiger partial charge >= 0.3 is 0 Å². The fourth-order valence-corrected chi connectivity index (χ4v) is 5.17. The zero-order valence-electron chi connectivity index (χ0n) is 17.2. The Labute approximate surface area is 180 Å². The Bertz CT molecular complexity index is 799. The van der Waals surface area contributed by atoms with E-state index in [1.165, 1.54) is 72.7 Å². The smallest absolute Gasteiger partial charge is 0.0340 e. The first-order chi connectivity index (χ1) is 14.4. The molecule has 3 aromatic rings. The first-order valence-electron chi connectivity index (χ1n) is 11.0. The van der Waals surface area contributed by atoms with Gasteiger partial charge in [-0.15, -0.1) is 11.8 Å². The minimum Gasteiger partial charge on any atom is -0.303 e. The molecule has 0 aromatic heterocycles. The van der Waals surface area contributed by atoms with Crippen molar-refractivity contribution < 1.29 is 0 Å². The number of thioether (sulfide) groups is 1. The van der Waals surface area contributed by atoms with Crippen molar-refractivity contribution in [3.8, 4) is 0 Å². The summed E-state index contributed by atoms with van der Waals surface area (Å²) in [5.74, 6) is 1.51. The third-order valence-electron chi connectivity index (χ3n) is 5.82. The molecule has 0 unspecified atom stereocenters. The molecule has 29 heavy (non-hydrogen) atoms. The van der Waals surface area contributed by atoms with Crippen LogP contribution in [0.15, 0.2) is 89.8 Å². The van der Waals surface area contributed by atoms with E-state index >= 15 is 0 Å². The molecule has 0 bridgehead atoms. The van der Waals surface area contributed by atoms with Crippen molar-refractivity contribution >= 4 is 11.8 Å². The Morgan fingerprint density at radius 2 is 1.21 bits per heavy atom. The molecule has 4 rings (SSSR count). The molecule has 1 aliphatic rings. The largest absolute Gasteiger partial charge is 0.303 e. The maximum atomic E-state index is 2.62. The van der Waals surface area contributed by atoms with Crippen LogP contribution in [-0.4, -0.2) is 30.3 Å². The zero-order valence-corrected chi connectivity index (χ0v) is 18.0. The third kappa shape index (κ3) is 5.74. The standard InChI is InChI=1S/C27H31NS/c1-3-11-23(12-4-1)27(24-13-5-2-6-14-24)25-15-17-26(18-16-25)29-22-10-9-21-28-19-7-8-20-28/h1-6,11-18,27H,7-10,19-22H2.